The number of aryl methyl sites for hydroxylation is 1. The molecule has 1 aromatic heterocycles. The van der Waals surface area contributed by atoms with E-state index >= 15 is 0 Å². The molecule has 5 heteroatoms. The van der Waals surface area contributed by atoms with E-state index in [1.54, 1.807) is 7.05 Å². The van der Waals surface area contributed by atoms with E-state index in [2.05, 4.69) is 10.6 Å². The molecule has 1 aromatic rings. The second-order valence-electron chi connectivity index (χ2n) is 3.86. The number of hydrogen-bond donors (Lipinski definition) is 2. The van der Waals surface area contributed by atoms with Gasteiger partial charge in [0.05, 0.1) is 5.56 Å². The van der Waals surface area contributed by atoms with Crippen LogP contribution in [0.2, 0.25) is 0 Å². The number of anilines is 1. The number of thiophene rings is 1. The molecule has 0 atom stereocenters. The van der Waals surface area contributed by atoms with Gasteiger partial charge in [0.15, 0.2) is 0 Å². The molecular weight excluding hydrogens is 236 g/mol. The molecule has 0 saturated heterocycles. The van der Waals surface area contributed by atoms with E-state index in [1.165, 1.54) is 11.3 Å². The summed E-state index contributed by atoms with van der Waals surface area (Å²) in [4.78, 5) is 24.4. The zero-order valence-electron chi connectivity index (χ0n) is 10.6. The third-order valence-corrected chi connectivity index (χ3v) is 3.69. The Morgan fingerprint density at radius 2 is 1.94 bits per heavy atom. The van der Waals surface area contributed by atoms with Crippen LogP contribution in [0.5, 0.6) is 0 Å². The van der Waals surface area contributed by atoms with Crippen LogP contribution in [0.15, 0.2) is 0 Å². The molecule has 1 rings (SSSR count). The quantitative estimate of drug-likeness (QED) is 0.867. The largest absolute Gasteiger partial charge is 0.355 e. The molecular formula is C12H18N2O2S. The van der Waals surface area contributed by atoms with Crippen LogP contribution in [-0.4, -0.2) is 18.9 Å². The Labute approximate surface area is 105 Å². The minimum absolute atomic E-state index is 0.0427. The van der Waals surface area contributed by atoms with Gasteiger partial charge in [-0.3, -0.25) is 9.59 Å². The van der Waals surface area contributed by atoms with Crippen LogP contribution in [0.1, 0.15) is 40.6 Å². The number of carbonyl (C=O) groups is 2. The van der Waals surface area contributed by atoms with Gasteiger partial charge in [-0.15, -0.1) is 11.3 Å². The minimum atomic E-state index is -0.154. The van der Waals surface area contributed by atoms with Crippen molar-refractivity contribution in [2.45, 2.75) is 33.6 Å². The van der Waals surface area contributed by atoms with Gasteiger partial charge in [0.1, 0.15) is 5.00 Å². The summed E-state index contributed by atoms with van der Waals surface area (Å²) in [5.41, 5.74) is 1.51. The molecule has 2 amide bonds. The summed E-state index contributed by atoms with van der Waals surface area (Å²) in [6.45, 7) is 5.79. The van der Waals surface area contributed by atoms with Gasteiger partial charge in [-0.1, -0.05) is 6.92 Å². The molecule has 0 fully saturated rings. The van der Waals surface area contributed by atoms with E-state index in [4.69, 9.17) is 0 Å². The third-order valence-electron chi connectivity index (χ3n) is 2.57. The van der Waals surface area contributed by atoms with Crippen molar-refractivity contribution < 1.29 is 9.59 Å². The van der Waals surface area contributed by atoms with Crippen LogP contribution < -0.4 is 10.6 Å². The fourth-order valence-corrected chi connectivity index (χ4v) is 2.60. The van der Waals surface area contributed by atoms with Gasteiger partial charge in [0.25, 0.3) is 5.91 Å². The maximum Gasteiger partial charge on any atom is 0.254 e. The molecule has 2 N–H and O–H groups in total. The second-order valence-corrected chi connectivity index (χ2v) is 5.09. The van der Waals surface area contributed by atoms with Crippen LogP contribution in [0.4, 0.5) is 5.00 Å². The zero-order chi connectivity index (χ0) is 13.0. The van der Waals surface area contributed by atoms with E-state index in [-0.39, 0.29) is 11.8 Å². The maximum absolute atomic E-state index is 11.8. The van der Waals surface area contributed by atoms with Crippen LogP contribution in [0.25, 0.3) is 0 Å². The smallest absolute Gasteiger partial charge is 0.254 e. The van der Waals surface area contributed by atoms with Crippen molar-refractivity contribution in [3.63, 3.8) is 0 Å². The number of carbonyl (C=O) groups excluding carboxylic acids is 2. The molecule has 94 valence electrons. The standard InChI is InChI=1S/C12H18N2O2S/c1-5-6-9(15)14-12-10(11(16)13-4)7(2)8(3)17-12/h5-6H2,1-4H3,(H,13,16)(H,14,15). The molecule has 0 aliphatic heterocycles. The Kier molecular flexibility index (Phi) is 4.69. The van der Waals surface area contributed by atoms with Crippen molar-refractivity contribution in [3.8, 4) is 0 Å². The lowest BCUT2D eigenvalue weighted by atomic mass is 10.1. The number of hydrogen-bond acceptors (Lipinski definition) is 3. The van der Waals surface area contributed by atoms with E-state index in [0.29, 0.717) is 17.0 Å². The lowest BCUT2D eigenvalue weighted by Crippen LogP contribution is -2.21. The molecule has 0 radical (unpaired) electrons. The van der Waals surface area contributed by atoms with Crippen molar-refractivity contribution in [2.75, 3.05) is 12.4 Å². The first kappa shape index (κ1) is 13.7. The first-order valence-corrected chi connectivity index (χ1v) is 6.44. The van der Waals surface area contributed by atoms with Gasteiger partial charge in [-0.05, 0) is 25.8 Å². The Balaban J connectivity index is 3.03. The summed E-state index contributed by atoms with van der Waals surface area (Å²) in [5, 5.41) is 6.06. The zero-order valence-corrected chi connectivity index (χ0v) is 11.5. The van der Waals surface area contributed by atoms with Crippen LogP contribution in [-0.2, 0) is 4.79 Å². The van der Waals surface area contributed by atoms with Crippen LogP contribution in [0, 0.1) is 13.8 Å². The first-order chi connectivity index (χ1) is 8.01. The molecule has 0 aromatic carbocycles. The molecule has 0 aliphatic rings. The molecule has 1 heterocycles. The lowest BCUT2D eigenvalue weighted by molar-refractivity contribution is -0.116. The molecule has 0 saturated carbocycles. The average molecular weight is 254 g/mol. The first-order valence-electron chi connectivity index (χ1n) is 5.63. The van der Waals surface area contributed by atoms with Gasteiger partial charge in [-0.25, -0.2) is 0 Å². The Bertz CT molecular complexity index is 438. The fourth-order valence-electron chi connectivity index (χ4n) is 1.53. The van der Waals surface area contributed by atoms with E-state index < -0.39 is 0 Å². The number of rotatable bonds is 4. The van der Waals surface area contributed by atoms with Gasteiger partial charge >= 0.3 is 0 Å². The van der Waals surface area contributed by atoms with Crippen LogP contribution in [0.3, 0.4) is 0 Å². The topological polar surface area (TPSA) is 58.2 Å². The number of nitrogens with one attached hydrogen (secondary N) is 2. The summed E-state index contributed by atoms with van der Waals surface area (Å²) < 4.78 is 0. The molecule has 0 bridgehead atoms. The number of amides is 2. The highest BCUT2D eigenvalue weighted by Gasteiger charge is 2.19. The predicted molar refractivity (Wildman–Crippen MR) is 70.7 cm³/mol. The molecule has 0 unspecified atom stereocenters. The van der Waals surface area contributed by atoms with Gasteiger partial charge in [-0.2, -0.15) is 0 Å². The summed E-state index contributed by atoms with van der Waals surface area (Å²) in [7, 11) is 1.59. The minimum Gasteiger partial charge on any atom is -0.355 e. The summed E-state index contributed by atoms with van der Waals surface area (Å²) >= 11 is 1.45. The highest BCUT2D eigenvalue weighted by Crippen LogP contribution is 2.32. The van der Waals surface area contributed by atoms with E-state index in [0.717, 1.165) is 16.9 Å². The van der Waals surface area contributed by atoms with Crippen molar-refractivity contribution in [3.05, 3.63) is 16.0 Å². The summed E-state index contributed by atoms with van der Waals surface area (Å²) in [5.74, 6) is -0.197. The normalized spacial score (nSPS) is 10.1. The highest BCUT2D eigenvalue weighted by atomic mass is 32.1. The van der Waals surface area contributed by atoms with Crippen molar-refractivity contribution in [1.82, 2.24) is 5.32 Å². The monoisotopic (exact) mass is 254 g/mol. The average Bonchev–Trinajstić information content (AvgIpc) is 2.54. The Morgan fingerprint density at radius 1 is 1.29 bits per heavy atom. The molecule has 0 spiro atoms. The summed E-state index contributed by atoms with van der Waals surface area (Å²) in [6.07, 6.45) is 1.27. The van der Waals surface area contributed by atoms with Gasteiger partial charge < -0.3 is 10.6 Å². The fraction of sp³-hybridized carbons (Fsp3) is 0.500. The van der Waals surface area contributed by atoms with E-state index in [9.17, 15) is 9.59 Å². The third kappa shape index (κ3) is 3.06. The van der Waals surface area contributed by atoms with Crippen LogP contribution >= 0.6 is 11.3 Å². The van der Waals surface area contributed by atoms with Crippen molar-refractivity contribution >= 4 is 28.2 Å². The molecule has 17 heavy (non-hydrogen) atoms. The molecule has 4 nitrogen and oxygen atoms in total. The molecule has 0 aliphatic carbocycles. The van der Waals surface area contributed by atoms with Crippen molar-refractivity contribution in [2.24, 2.45) is 0 Å². The SMILES string of the molecule is CCCC(=O)Nc1sc(C)c(C)c1C(=O)NC. The summed E-state index contributed by atoms with van der Waals surface area (Å²) in [6, 6.07) is 0. The predicted octanol–water partition coefficient (Wildman–Crippen LogP) is 2.46. The lowest BCUT2D eigenvalue weighted by Gasteiger charge is -2.05. The van der Waals surface area contributed by atoms with Gasteiger partial charge in [0, 0.05) is 18.3 Å². The Hall–Kier alpha value is -1.36. The van der Waals surface area contributed by atoms with Crippen molar-refractivity contribution in [1.29, 1.82) is 0 Å². The van der Waals surface area contributed by atoms with E-state index in [1.807, 2.05) is 20.8 Å². The Morgan fingerprint density at radius 3 is 2.47 bits per heavy atom. The highest BCUT2D eigenvalue weighted by molar-refractivity contribution is 7.16. The second kappa shape index (κ2) is 5.82. The maximum atomic E-state index is 11.8. The van der Waals surface area contributed by atoms with Gasteiger partial charge in [0.2, 0.25) is 5.91 Å².